The summed E-state index contributed by atoms with van der Waals surface area (Å²) in [5, 5.41) is 3.02. The van der Waals surface area contributed by atoms with Crippen molar-refractivity contribution in [1.29, 1.82) is 0 Å². The molecule has 23 heavy (non-hydrogen) atoms. The van der Waals surface area contributed by atoms with E-state index in [1.165, 1.54) is 25.9 Å². The molecule has 0 aromatic heterocycles. The van der Waals surface area contributed by atoms with Crippen LogP contribution in [0.4, 0.5) is 0 Å². The predicted molar refractivity (Wildman–Crippen MR) is 93.9 cm³/mol. The number of benzene rings is 1. The summed E-state index contributed by atoms with van der Waals surface area (Å²) in [4.78, 5) is 14.6. The van der Waals surface area contributed by atoms with E-state index in [9.17, 15) is 4.79 Å². The zero-order valence-electron chi connectivity index (χ0n) is 14.9. The summed E-state index contributed by atoms with van der Waals surface area (Å²) >= 11 is 0. The predicted octanol–water partition coefficient (Wildman–Crippen LogP) is 2.92. The average molecular weight is 318 g/mol. The van der Waals surface area contributed by atoms with Crippen LogP contribution in [0, 0.1) is 19.8 Å². The van der Waals surface area contributed by atoms with Crippen LogP contribution in [0.15, 0.2) is 18.2 Å². The number of hydrogen-bond acceptors (Lipinski definition) is 3. The van der Waals surface area contributed by atoms with Crippen molar-refractivity contribution < 1.29 is 9.53 Å². The van der Waals surface area contributed by atoms with Gasteiger partial charge in [0.05, 0.1) is 0 Å². The number of amides is 1. The minimum Gasteiger partial charge on any atom is -0.481 e. The summed E-state index contributed by atoms with van der Waals surface area (Å²) in [5.74, 6) is 1.50. The fraction of sp³-hybridized carbons (Fsp3) is 0.632. The summed E-state index contributed by atoms with van der Waals surface area (Å²) in [6.07, 6.45) is 3.07. The first kappa shape index (κ1) is 17.8. The van der Waals surface area contributed by atoms with Crippen molar-refractivity contribution in [3.63, 3.8) is 0 Å². The summed E-state index contributed by atoms with van der Waals surface area (Å²) in [7, 11) is 2.17. The lowest BCUT2D eigenvalue weighted by atomic mass is 9.94. The molecule has 0 saturated carbocycles. The number of carbonyl (C=O) groups excluding carboxylic acids is 1. The Morgan fingerprint density at radius 3 is 2.74 bits per heavy atom. The van der Waals surface area contributed by atoms with Crippen LogP contribution in [0.5, 0.6) is 5.75 Å². The zero-order valence-corrected chi connectivity index (χ0v) is 14.9. The maximum absolute atomic E-state index is 12.2. The molecule has 128 valence electrons. The highest BCUT2D eigenvalue weighted by Gasteiger charge is 2.18. The second-order valence-corrected chi connectivity index (χ2v) is 6.86. The fourth-order valence-corrected chi connectivity index (χ4v) is 2.97. The van der Waals surface area contributed by atoms with E-state index in [0.717, 1.165) is 35.8 Å². The third-order valence-electron chi connectivity index (χ3n) is 4.71. The van der Waals surface area contributed by atoms with Gasteiger partial charge in [0.25, 0.3) is 5.91 Å². The Labute approximate surface area is 140 Å². The quantitative estimate of drug-likeness (QED) is 0.877. The maximum atomic E-state index is 12.2. The molecule has 1 aliphatic heterocycles. The number of nitrogens with one attached hydrogen (secondary N) is 1. The first-order chi connectivity index (χ1) is 11.0. The van der Waals surface area contributed by atoms with Crippen molar-refractivity contribution in [1.82, 2.24) is 10.2 Å². The minimum atomic E-state index is -0.465. The molecule has 4 nitrogen and oxygen atoms in total. The van der Waals surface area contributed by atoms with Crippen LogP contribution < -0.4 is 10.1 Å². The van der Waals surface area contributed by atoms with Gasteiger partial charge in [-0.25, -0.2) is 0 Å². The van der Waals surface area contributed by atoms with Crippen LogP contribution in [-0.4, -0.2) is 43.6 Å². The van der Waals surface area contributed by atoms with E-state index < -0.39 is 6.10 Å². The number of aryl methyl sites for hydroxylation is 2. The molecule has 1 saturated heterocycles. The normalized spacial score (nSPS) is 17.7. The number of rotatable bonds is 6. The topological polar surface area (TPSA) is 41.6 Å². The molecule has 0 unspecified atom stereocenters. The SMILES string of the molecule is Cc1ccc(C)c(O[C@@H](C)C(=O)NCCC2CCN(C)CC2)c1. The van der Waals surface area contributed by atoms with Gasteiger partial charge in [0.15, 0.2) is 6.10 Å². The maximum Gasteiger partial charge on any atom is 0.260 e. The molecule has 0 radical (unpaired) electrons. The molecule has 2 rings (SSSR count). The summed E-state index contributed by atoms with van der Waals surface area (Å²) in [6.45, 7) is 8.92. The Balaban J connectivity index is 1.73. The Kier molecular flexibility index (Phi) is 6.46. The van der Waals surface area contributed by atoms with Crippen LogP contribution in [-0.2, 0) is 4.79 Å². The molecule has 1 fully saturated rings. The molecule has 1 aliphatic rings. The number of likely N-dealkylation sites (tertiary alicyclic amines) is 1. The smallest absolute Gasteiger partial charge is 0.260 e. The largest absolute Gasteiger partial charge is 0.481 e. The third-order valence-corrected chi connectivity index (χ3v) is 4.71. The van der Waals surface area contributed by atoms with Crippen molar-refractivity contribution in [3.8, 4) is 5.75 Å². The lowest BCUT2D eigenvalue weighted by Gasteiger charge is -2.29. The lowest BCUT2D eigenvalue weighted by molar-refractivity contribution is -0.127. The van der Waals surface area contributed by atoms with Crippen LogP contribution >= 0.6 is 0 Å². The van der Waals surface area contributed by atoms with Gasteiger partial charge in [-0.3, -0.25) is 4.79 Å². The number of ether oxygens (including phenoxy) is 1. The van der Waals surface area contributed by atoms with Crippen LogP contribution in [0.2, 0.25) is 0 Å². The first-order valence-corrected chi connectivity index (χ1v) is 8.66. The van der Waals surface area contributed by atoms with E-state index in [4.69, 9.17) is 4.74 Å². The standard InChI is InChI=1S/C19H30N2O2/c1-14-5-6-15(2)18(13-14)23-16(3)19(22)20-10-7-17-8-11-21(4)12-9-17/h5-6,13,16-17H,7-12H2,1-4H3,(H,20,22)/t16-/m0/s1. The second-order valence-electron chi connectivity index (χ2n) is 6.86. The van der Waals surface area contributed by atoms with Crippen LogP contribution in [0.25, 0.3) is 0 Å². The van der Waals surface area contributed by atoms with E-state index in [0.29, 0.717) is 0 Å². The van der Waals surface area contributed by atoms with E-state index in [1.807, 2.05) is 32.9 Å². The lowest BCUT2D eigenvalue weighted by Crippen LogP contribution is -2.38. The van der Waals surface area contributed by atoms with Gasteiger partial charge in [0, 0.05) is 6.54 Å². The summed E-state index contributed by atoms with van der Waals surface area (Å²) in [6, 6.07) is 6.06. The number of piperidine rings is 1. The van der Waals surface area contributed by atoms with Crippen LogP contribution in [0.3, 0.4) is 0 Å². The Hall–Kier alpha value is -1.55. The highest BCUT2D eigenvalue weighted by Crippen LogP contribution is 2.21. The van der Waals surface area contributed by atoms with E-state index in [-0.39, 0.29) is 5.91 Å². The molecule has 4 heteroatoms. The van der Waals surface area contributed by atoms with Gasteiger partial charge < -0.3 is 15.0 Å². The molecule has 1 aromatic carbocycles. The van der Waals surface area contributed by atoms with Crippen molar-refractivity contribution >= 4 is 5.91 Å². The zero-order chi connectivity index (χ0) is 16.8. The van der Waals surface area contributed by atoms with Gasteiger partial charge in [0.1, 0.15) is 5.75 Å². The molecule has 1 heterocycles. The molecular weight excluding hydrogens is 288 g/mol. The first-order valence-electron chi connectivity index (χ1n) is 8.66. The van der Waals surface area contributed by atoms with Crippen LogP contribution in [0.1, 0.15) is 37.3 Å². The van der Waals surface area contributed by atoms with E-state index >= 15 is 0 Å². The highest BCUT2D eigenvalue weighted by atomic mass is 16.5. The van der Waals surface area contributed by atoms with Crippen molar-refractivity contribution in [2.45, 2.75) is 46.1 Å². The van der Waals surface area contributed by atoms with E-state index in [1.54, 1.807) is 0 Å². The molecule has 0 aliphatic carbocycles. The van der Waals surface area contributed by atoms with Gasteiger partial charge in [-0.15, -0.1) is 0 Å². The third kappa shape index (κ3) is 5.54. The molecule has 0 bridgehead atoms. The summed E-state index contributed by atoms with van der Waals surface area (Å²) < 4.78 is 5.83. The van der Waals surface area contributed by atoms with Gasteiger partial charge in [-0.2, -0.15) is 0 Å². The minimum absolute atomic E-state index is 0.0289. The fourth-order valence-electron chi connectivity index (χ4n) is 2.97. The van der Waals surface area contributed by atoms with Gasteiger partial charge in [-0.1, -0.05) is 12.1 Å². The van der Waals surface area contributed by atoms with Gasteiger partial charge >= 0.3 is 0 Å². The Morgan fingerprint density at radius 2 is 2.04 bits per heavy atom. The molecule has 1 N–H and O–H groups in total. The molecular formula is C19H30N2O2. The van der Waals surface area contributed by atoms with Gasteiger partial charge in [-0.05, 0) is 83.3 Å². The Morgan fingerprint density at radius 1 is 1.35 bits per heavy atom. The molecule has 1 atom stereocenters. The number of hydrogen-bond donors (Lipinski definition) is 1. The summed E-state index contributed by atoms with van der Waals surface area (Å²) in [5.41, 5.74) is 2.20. The molecule has 0 spiro atoms. The van der Waals surface area contributed by atoms with E-state index in [2.05, 4.69) is 23.3 Å². The highest BCUT2D eigenvalue weighted by molar-refractivity contribution is 5.80. The van der Waals surface area contributed by atoms with Crippen molar-refractivity contribution in [2.75, 3.05) is 26.7 Å². The number of nitrogens with zero attached hydrogens (tertiary/aromatic N) is 1. The molecule has 1 aromatic rings. The van der Waals surface area contributed by atoms with Crippen molar-refractivity contribution in [3.05, 3.63) is 29.3 Å². The number of carbonyl (C=O) groups is 1. The average Bonchev–Trinajstić information content (AvgIpc) is 2.52. The van der Waals surface area contributed by atoms with Crippen molar-refractivity contribution in [2.24, 2.45) is 5.92 Å². The van der Waals surface area contributed by atoms with Gasteiger partial charge in [0.2, 0.25) is 0 Å². The Bertz CT molecular complexity index is 522. The monoisotopic (exact) mass is 318 g/mol. The second kappa shape index (κ2) is 8.34. The molecule has 1 amide bonds.